The maximum absolute atomic E-state index is 11.5. The second kappa shape index (κ2) is 5.47. The van der Waals surface area contributed by atoms with Crippen LogP contribution in [0.4, 0.5) is 0 Å². The molecule has 5 nitrogen and oxygen atoms in total. The number of hydrogen-bond acceptors (Lipinski definition) is 5. The summed E-state index contributed by atoms with van der Waals surface area (Å²) in [6.45, 7) is -0.482. The first-order chi connectivity index (χ1) is 7.19. The molecule has 0 spiro atoms. The van der Waals surface area contributed by atoms with Crippen molar-refractivity contribution >= 4 is 23.2 Å². The maximum Gasteiger partial charge on any atom is 0.330 e. The number of rotatable bonds is 4. The second-order valence-corrected chi connectivity index (χ2v) is 3.66. The van der Waals surface area contributed by atoms with E-state index in [1.165, 1.54) is 18.4 Å². The lowest BCUT2D eigenvalue weighted by Crippen LogP contribution is -2.43. The van der Waals surface area contributed by atoms with E-state index in [1.807, 2.05) is 0 Å². The Bertz CT molecular complexity index is 336. The van der Waals surface area contributed by atoms with E-state index in [1.54, 1.807) is 17.5 Å². The van der Waals surface area contributed by atoms with Crippen molar-refractivity contribution in [2.45, 2.75) is 6.04 Å². The summed E-state index contributed by atoms with van der Waals surface area (Å²) in [5, 5.41) is 13.0. The molecule has 6 heteroatoms. The molecule has 1 aromatic heterocycles. The highest BCUT2D eigenvalue weighted by Gasteiger charge is 2.21. The highest BCUT2D eigenvalue weighted by molar-refractivity contribution is 7.12. The Hall–Kier alpha value is -1.40. The molecule has 82 valence electrons. The number of carbonyl (C=O) groups is 2. The van der Waals surface area contributed by atoms with Crippen molar-refractivity contribution < 1.29 is 19.4 Å². The molecule has 0 bridgehead atoms. The molecule has 1 atom stereocenters. The average molecular weight is 229 g/mol. The third-order valence-corrected chi connectivity index (χ3v) is 2.59. The summed E-state index contributed by atoms with van der Waals surface area (Å²) in [5.41, 5.74) is 0. The van der Waals surface area contributed by atoms with Crippen molar-refractivity contribution in [3.63, 3.8) is 0 Å². The Kier molecular flexibility index (Phi) is 4.26. The topological polar surface area (TPSA) is 75.6 Å². The lowest BCUT2D eigenvalue weighted by Gasteiger charge is -2.12. The first-order valence-corrected chi connectivity index (χ1v) is 5.10. The number of methoxy groups -OCH3 is 1. The lowest BCUT2D eigenvalue weighted by atomic mass is 10.3. The molecule has 1 aromatic rings. The molecule has 0 aromatic carbocycles. The zero-order valence-corrected chi connectivity index (χ0v) is 8.91. The van der Waals surface area contributed by atoms with Gasteiger partial charge >= 0.3 is 5.97 Å². The molecule has 15 heavy (non-hydrogen) atoms. The minimum atomic E-state index is -1.01. The Morgan fingerprint density at radius 2 is 2.40 bits per heavy atom. The Balaban J connectivity index is 2.60. The van der Waals surface area contributed by atoms with E-state index in [0.717, 1.165) is 0 Å². The summed E-state index contributed by atoms with van der Waals surface area (Å²) in [6, 6.07) is 2.35. The maximum atomic E-state index is 11.5. The van der Waals surface area contributed by atoms with Crippen molar-refractivity contribution in [3.8, 4) is 0 Å². The van der Waals surface area contributed by atoms with E-state index in [2.05, 4.69) is 10.1 Å². The summed E-state index contributed by atoms with van der Waals surface area (Å²) < 4.78 is 4.41. The van der Waals surface area contributed by atoms with Gasteiger partial charge in [-0.25, -0.2) is 4.79 Å². The molecule has 0 saturated heterocycles. The number of esters is 1. The quantitative estimate of drug-likeness (QED) is 0.713. The van der Waals surface area contributed by atoms with Gasteiger partial charge in [0.2, 0.25) is 0 Å². The van der Waals surface area contributed by atoms with Crippen LogP contribution in [0.3, 0.4) is 0 Å². The fraction of sp³-hybridized carbons (Fsp3) is 0.333. The first-order valence-electron chi connectivity index (χ1n) is 4.22. The Morgan fingerprint density at radius 3 is 2.87 bits per heavy atom. The summed E-state index contributed by atoms with van der Waals surface area (Å²) in [4.78, 5) is 23.0. The van der Waals surface area contributed by atoms with Crippen LogP contribution in [-0.4, -0.2) is 36.7 Å². The zero-order valence-electron chi connectivity index (χ0n) is 8.10. The van der Waals surface area contributed by atoms with Crippen LogP contribution in [0.5, 0.6) is 0 Å². The molecule has 0 aliphatic heterocycles. The van der Waals surface area contributed by atoms with E-state index in [0.29, 0.717) is 4.88 Å². The van der Waals surface area contributed by atoms with Crippen molar-refractivity contribution in [2.24, 2.45) is 0 Å². The fourth-order valence-electron chi connectivity index (χ4n) is 0.958. The van der Waals surface area contributed by atoms with Crippen LogP contribution in [0.2, 0.25) is 0 Å². The van der Waals surface area contributed by atoms with Gasteiger partial charge in [-0.05, 0) is 11.4 Å². The van der Waals surface area contributed by atoms with Gasteiger partial charge in [0.05, 0.1) is 18.6 Å². The molecular formula is C9H11NO4S. The van der Waals surface area contributed by atoms with Crippen molar-refractivity contribution in [3.05, 3.63) is 22.4 Å². The molecule has 1 rings (SSSR count). The predicted octanol–water partition coefficient (Wildman–Crippen LogP) is 0.0118. The minimum absolute atomic E-state index is 0.394. The minimum Gasteiger partial charge on any atom is -0.467 e. The van der Waals surface area contributed by atoms with Gasteiger partial charge in [-0.2, -0.15) is 0 Å². The number of hydrogen-bond donors (Lipinski definition) is 2. The van der Waals surface area contributed by atoms with Crippen molar-refractivity contribution in [1.82, 2.24) is 5.32 Å². The van der Waals surface area contributed by atoms with Crippen LogP contribution >= 0.6 is 11.3 Å². The molecule has 0 fully saturated rings. The second-order valence-electron chi connectivity index (χ2n) is 2.71. The van der Waals surface area contributed by atoms with Gasteiger partial charge in [-0.15, -0.1) is 11.3 Å². The number of carbonyl (C=O) groups excluding carboxylic acids is 2. The van der Waals surface area contributed by atoms with Gasteiger partial charge in [0, 0.05) is 0 Å². The van der Waals surface area contributed by atoms with Crippen LogP contribution in [0, 0.1) is 0 Å². The molecule has 0 aliphatic carbocycles. The molecule has 2 N–H and O–H groups in total. The highest BCUT2D eigenvalue weighted by atomic mass is 32.1. The van der Waals surface area contributed by atoms with Crippen LogP contribution in [0.1, 0.15) is 9.67 Å². The normalized spacial score (nSPS) is 11.9. The van der Waals surface area contributed by atoms with E-state index in [4.69, 9.17) is 5.11 Å². The average Bonchev–Trinajstić information content (AvgIpc) is 2.77. The Labute approximate surface area is 90.7 Å². The molecular weight excluding hydrogens is 218 g/mol. The van der Waals surface area contributed by atoms with Crippen LogP contribution in [0.15, 0.2) is 17.5 Å². The number of thiophene rings is 1. The molecule has 1 heterocycles. The summed E-state index contributed by atoms with van der Waals surface area (Å²) in [6.07, 6.45) is 0. The Morgan fingerprint density at radius 1 is 1.67 bits per heavy atom. The van der Waals surface area contributed by atoms with Gasteiger partial charge in [-0.1, -0.05) is 6.07 Å². The zero-order chi connectivity index (χ0) is 11.3. The third-order valence-electron chi connectivity index (χ3n) is 1.72. The first kappa shape index (κ1) is 11.7. The van der Waals surface area contributed by atoms with Gasteiger partial charge < -0.3 is 15.2 Å². The molecule has 1 amide bonds. The SMILES string of the molecule is COC(=O)C(CO)NC(=O)c1cccs1. The van der Waals surface area contributed by atoms with Gasteiger partial charge in [0.25, 0.3) is 5.91 Å². The number of aliphatic hydroxyl groups is 1. The largest absolute Gasteiger partial charge is 0.467 e. The molecule has 0 saturated carbocycles. The summed E-state index contributed by atoms with van der Waals surface area (Å²) in [5.74, 6) is -1.06. The molecule has 0 aliphatic rings. The van der Waals surface area contributed by atoms with E-state index in [-0.39, 0.29) is 0 Å². The third kappa shape index (κ3) is 3.03. The summed E-state index contributed by atoms with van der Waals surface area (Å²) in [7, 11) is 1.20. The van der Waals surface area contributed by atoms with Crippen LogP contribution in [-0.2, 0) is 9.53 Å². The number of ether oxygens (including phenoxy) is 1. The summed E-state index contributed by atoms with van der Waals surface area (Å²) >= 11 is 1.26. The van der Waals surface area contributed by atoms with E-state index < -0.39 is 24.5 Å². The van der Waals surface area contributed by atoms with Gasteiger partial charge in [-0.3, -0.25) is 4.79 Å². The van der Waals surface area contributed by atoms with Gasteiger partial charge in [0.15, 0.2) is 6.04 Å². The number of nitrogens with one attached hydrogen (secondary N) is 1. The van der Waals surface area contributed by atoms with Gasteiger partial charge in [0.1, 0.15) is 0 Å². The number of aliphatic hydroxyl groups excluding tert-OH is 1. The molecule has 0 radical (unpaired) electrons. The van der Waals surface area contributed by atoms with E-state index >= 15 is 0 Å². The van der Waals surface area contributed by atoms with Crippen molar-refractivity contribution in [2.75, 3.05) is 13.7 Å². The highest BCUT2D eigenvalue weighted by Crippen LogP contribution is 2.08. The van der Waals surface area contributed by atoms with Crippen LogP contribution < -0.4 is 5.32 Å². The molecule has 1 unspecified atom stereocenters. The predicted molar refractivity (Wildman–Crippen MR) is 54.7 cm³/mol. The lowest BCUT2D eigenvalue weighted by molar-refractivity contribution is -0.143. The monoisotopic (exact) mass is 229 g/mol. The smallest absolute Gasteiger partial charge is 0.330 e. The standard InChI is InChI=1S/C9H11NO4S/c1-14-9(13)6(5-11)10-8(12)7-3-2-4-15-7/h2-4,6,11H,5H2,1H3,(H,10,12). The van der Waals surface area contributed by atoms with Crippen LogP contribution in [0.25, 0.3) is 0 Å². The number of amides is 1. The fourth-order valence-corrected chi connectivity index (χ4v) is 1.59. The van der Waals surface area contributed by atoms with E-state index in [9.17, 15) is 9.59 Å². The van der Waals surface area contributed by atoms with Crippen molar-refractivity contribution in [1.29, 1.82) is 0 Å².